The van der Waals surface area contributed by atoms with Gasteiger partial charge in [0.2, 0.25) is 5.65 Å². The molecule has 3 heterocycles. The minimum Gasteiger partial charge on any atom is -0.353 e. The number of hydrogen-bond donors (Lipinski definition) is 1. The molecule has 1 aliphatic rings. The van der Waals surface area contributed by atoms with Gasteiger partial charge in [0.15, 0.2) is 5.82 Å². The Kier molecular flexibility index (Phi) is 3.59. The molecule has 3 rings (SSSR count). The molecule has 1 fully saturated rings. The van der Waals surface area contributed by atoms with Gasteiger partial charge >= 0.3 is 0 Å². The summed E-state index contributed by atoms with van der Waals surface area (Å²) in [6, 6.07) is 0. The van der Waals surface area contributed by atoms with Crippen molar-refractivity contribution in [2.75, 3.05) is 31.1 Å². The van der Waals surface area contributed by atoms with Crippen molar-refractivity contribution < 1.29 is 0 Å². The number of fused-ring (bicyclic) bond motifs is 1. The third kappa shape index (κ3) is 2.53. The van der Waals surface area contributed by atoms with Crippen molar-refractivity contribution in [1.82, 2.24) is 24.9 Å². The van der Waals surface area contributed by atoms with Crippen molar-refractivity contribution in [3.63, 3.8) is 0 Å². The first-order valence-corrected chi connectivity index (χ1v) is 6.98. The van der Waals surface area contributed by atoms with Crippen molar-refractivity contribution in [3.8, 4) is 0 Å². The van der Waals surface area contributed by atoms with Crippen molar-refractivity contribution >= 4 is 11.5 Å². The topological polar surface area (TPSA) is 58.4 Å². The Labute approximate surface area is 112 Å². The van der Waals surface area contributed by atoms with Gasteiger partial charge in [0.25, 0.3) is 0 Å². The Hall–Kier alpha value is -1.69. The van der Waals surface area contributed by atoms with E-state index in [1.807, 2.05) is 16.8 Å². The van der Waals surface area contributed by atoms with E-state index >= 15 is 0 Å². The Morgan fingerprint density at radius 1 is 1.47 bits per heavy atom. The van der Waals surface area contributed by atoms with Gasteiger partial charge in [0.05, 0.1) is 0 Å². The maximum Gasteiger partial charge on any atom is 0.203 e. The average molecular weight is 260 g/mol. The minimum atomic E-state index is 0.693. The summed E-state index contributed by atoms with van der Waals surface area (Å²) in [6.45, 7) is 6.38. The Balaban J connectivity index is 1.79. The first-order valence-electron chi connectivity index (χ1n) is 6.98. The van der Waals surface area contributed by atoms with Gasteiger partial charge in [-0.15, -0.1) is 10.2 Å². The SMILES string of the molecule is CCNCC1CCCN(c2nccn3cnnc23)C1. The van der Waals surface area contributed by atoms with Crippen LogP contribution in [0.2, 0.25) is 0 Å². The normalized spacial score (nSPS) is 20.1. The van der Waals surface area contributed by atoms with E-state index in [0.717, 1.165) is 37.6 Å². The molecular weight excluding hydrogens is 240 g/mol. The predicted molar refractivity (Wildman–Crippen MR) is 74.3 cm³/mol. The lowest BCUT2D eigenvalue weighted by Gasteiger charge is -2.33. The molecule has 0 amide bonds. The zero-order valence-corrected chi connectivity index (χ0v) is 11.3. The molecule has 0 saturated carbocycles. The standard InChI is InChI=1S/C13H20N6/c1-2-14-8-11-4-3-6-18(9-11)12-13-17-16-10-19(13)7-5-15-12/h5,7,10-11,14H,2-4,6,8-9H2,1H3. The highest BCUT2D eigenvalue weighted by atomic mass is 15.3. The van der Waals surface area contributed by atoms with Crippen LogP contribution in [0.1, 0.15) is 19.8 Å². The van der Waals surface area contributed by atoms with Crippen LogP contribution in [-0.4, -0.2) is 45.8 Å². The van der Waals surface area contributed by atoms with Crippen LogP contribution in [0.15, 0.2) is 18.7 Å². The fourth-order valence-corrected chi connectivity index (χ4v) is 2.74. The van der Waals surface area contributed by atoms with Gasteiger partial charge < -0.3 is 10.2 Å². The van der Waals surface area contributed by atoms with Gasteiger partial charge in [0.1, 0.15) is 6.33 Å². The predicted octanol–water partition coefficient (Wildman–Crippen LogP) is 0.950. The average Bonchev–Trinajstić information content (AvgIpc) is 2.93. The summed E-state index contributed by atoms with van der Waals surface area (Å²) in [5, 5.41) is 11.6. The maximum atomic E-state index is 4.50. The van der Waals surface area contributed by atoms with Crippen LogP contribution in [0, 0.1) is 5.92 Å². The number of aromatic nitrogens is 4. The first-order chi connectivity index (χ1) is 9.38. The van der Waals surface area contributed by atoms with E-state index in [0.29, 0.717) is 5.92 Å². The largest absolute Gasteiger partial charge is 0.353 e. The molecule has 0 bridgehead atoms. The minimum absolute atomic E-state index is 0.693. The van der Waals surface area contributed by atoms with Gasteiger partial charge in [-0.05, 0) is 31.8 Å². The number of anilines is 1. The molecule has 0 radical (unpaired) electrons. The quantitative estimate of drug-likeness (QED) is 0.887. The van der Waals surface area contributed by atoms with E-state index in [2.05, 4.69) is 32.3 Å². The van der Waals surface area contributed by atoms with Crippen molar-refractivity contribution in [2.24, 2.45) is 5.92 Å². The lowest BCUT2D eigenvalue weighted by Crippen LogP contribution is -2.40. The van der Waals surface area contributed by atoms with Crippen molar-refractivity contribution in [3.05, 3.63) is 18.7 Å². The molecule has 19 heavy (non-hydrogen) atoms. The van der Waals surface area contributed by atoms with Gasteiger partial charge in [-0.1, -0.05) is 6.92 Å². The van der Waals surface area contributed by atoms with E-state index in [-0.39, 0.29) is 0 Å². The Morgan fingerprint density at radius 2 is 2.42 bits per heavy atom. The number of hydrogen-bond acceptors (Lipinski definition) is 5. The summed E-state index contributed by atoms with van der Waals surface area (Å²) in [6.07, 6.45) is 7.94. The third-order valence-corrected chi connectivity index (χ3v) is 3.70. The Bertz CT molecular complexity index is 537. The van der Waals surface area contributed by atoms with E-state index in [1.54, 1.807) is 6.33 Å². The van der Waals surface area contributed by atoms with E-state index in [9.17, 15) is 0 Å². The third-order valence-electron chi connectivity index (χ3n) is 3.70. The molecule has 0 aromatic carbocycles. The molecule has 1 atom stereocenters. The summed E-state index contributed by atoms with van der Waals surface area (Å²) in [7, 11) is 0. The second-order valence-electron chi connectivity index (χ2n) is 5.07. The first kappa shape index (κ1) is 12.3. The van der Waals surface area contributed by atoms with Crippen LogP contribution < -0.4 is 10.2 Å². The molecule has 2 aromatic rings. The fourth-order valence-electron chi connectivity index (χ4n) is 2.74. The number of nitrogens with zero attached hydrogens (tertiary/aromatic N) is 5. The van der Waals surface area contributed by atoms with Crippen LogP contribution in [0.3, 0.4) is 0 Å². The molecule has 6 nitrogen and oxygen atoms in total. The summed E-state index contributed by atoms with van der Waals surface area (Å²) in [5.41, 5.74) is 0.853. The van der Waals surface area contributed by atoms with Crippen LogP contribution in [-0.2, 0) is 0 Å². The van der Waals surface area contributed by atoms with Crippen LogP contribution in [0.5, 0.6) is 0 Å². The van der Waals surface area contributed by atoms with Gasteiger partial charge in [-0.2, -0.15) is 0 Å². The molecule has 102 valence electrons. The van der Waals surface area contributed by atoms with E-state index < -0.39 is 0 Å². The zero-order valence-electron chi connectivity index (χ0n) is 11.3. The van der Waals surface area contributed by atoms with E-state index in [1.165, 1.54) is 12.8 Å². The fraction of sp³-hybridized carbons (Fsp3) is 0.615. The van der Waals surface area contributed by atoms with Gasteiger partial charge in [-0.25, -0.2) is 4.98 Å². The number of nitrogens with one attached hydrogen (secondary N) is 1. The van der Waals surface area contributed by atoms with Crippen LogP contribution in [0.25, 0.3) is 5.65 Å². The summed E-state index contributed by atoms with van der Waals surface area (Å²) < 4.78 is 1.93. The van der Waals surface area contributed by atoms with Crippen LogP contribution >= 0.6 is 0 Å². The molecule has 1 saturated heterocycles. The molecule has 0 aliphatic carbocycles. The van der Waals surface area contributed by atoms with Crippen LogP contribution in [0.4, 0.5) is 5.82 Å². The monoisotopic (exact) mass is 260 g/mol. The highest BCUT2D eigenvalue weighted by molar-refractivity contribution is 5.63. The zero-order chi connectivity index (χ0) is 13.1. The molecular formula is C13H20N6. The maximum absolute atomic E-state index is 4.50. The highest BCUT2D eigenvalue weighted by Gasteiger charge is 2.22. The lowest BCUT2D eigenvalue weighted by atomic mass is 9.98. The smallest absolute Gasteiger partial charge is 0.203 e. The molecule has 6 heteroatoms. The lowest BCUT2D eigenvalue weighted by molar-refractivity contribution is 0.394. The number of piperidine rings is 1. The Morgan fingerprint density at radius 3 is 3.32 bits per heavy atom. The van der Waals surface area contributed by atoms with Gasteiger partial charge in [-0.3, -0.25) is 4.40 Å². The summed E-state index contributed by atoms with van der Waals surface area (Å²) in [5.74, 6) is 1.65. The van der Waals surface area contributed by atoms with E-state index in [4.69, 9.17) is 0 Å². The summed E-state index contributed by atoms with van der Waals surface area (Å²) in [4.78, 5) is 6.84. The highest BCUT2D eigenvalue weighted by Crippen LogP contribution is 2.23. The second-order valence-corrected chi connectivity index (χ2v) is 5.07. The van der Waals surface area contributed by atoms with Gasteiger partial charge in [0, 0.05) is 25.5 Å². The molecule has 2 aromatic heterocycles. The molecule has 1 aliphatic heterocycles. The summed E-state index contributed by atoms with van der Waals surface area (Å²) >= 11 is 0. The van der Waals surface area contributed by atoms with Crippen molar-refractivity contribution in [1.29, 1.82) is 0 Å². The molecule has 0 spiro atoms. The molecule has 1 N–H and O–H groups in total. The second kappa shape index (κ2) is 5.52. The molecule has 1 unspecified atom stereocenters. The van der Waals surface area contributed by atoms with Crippen molar-refractivity contribution in [2.45, 2.75) is 19.8 Å². The number of rotatable bonds is 4.